The Morgan fingerprint density at radius 3 is 3.00 bits per heavy atom. The van der Waals surface area contributed by atoms with Crippen LogP contribution in [0.1, 0.15) is 6.42 Å². The van der Waals surface area contributed by atoms with Crippen LogP contribution in [0.25, 0.3) is 0 Å². The highest BCUT2D eigenvalue weighted by Crippen LogP contribution is 2.26. The SMILES string of the molecule is COc1cc(N)ccc1NC(=O)CCN1CCOC1=O. The minimum atomic E-state index is -0.372. The fourth-order valence-electron chi connectivity index (χ4n) is 1.89. The largest absolute Gasteiger partial charge is 0.494 e. The molecule has 1 aliphatic heterocycles. The summed E-state index contributed by atoms with van der Waals surface area (Å²) in [7, 11) is 1.50. The molecule has 1 saturated heterocycles. The molecular formula is C13H17N3O4. The number of anilines is 2. The molecule has 1 aromatic carbocycles. The van der Waals surface area contributed by atoms with Gasteiger partial charge in [0.15, 0.2) is 0 Å². The molecule has 0 saturated carbocycles. The Kier molecular flexibility index (Phi) is 4.29. The maximum Gasteiger partial charge on any atom is 0.409 e. The van der Waals surface area contributed by atoms with Crippen LogP contribution in [-0.4, -0.2) is 43.7 Å². The van der Waals surface area contributed by atoms with Gasteiger partial charge >= 0.3 is 6.09 Å². The number of cyclic esters (lactones) is 1. The van der Waals surface area contributed by atoms with E-state index < -0.39 is 0 Å². The summed E-state index contributed by atoms with van der Waals surface area (Å²) in [5.41, 5.74) is 6.75. The smallest absolute Gasteiger partial charge is 0.409 e. The van der Waals surface area contributed by atoms with Crippen LogP contribution in [0.15, 0.2) is 18.2 Å². The van der Waals surface area contributed by atoms with Crippen LogP contribution < -0.4 is 15.8 Å². The van der Waals surface area contributed by atoms with Crippen LogP contribution in [0.5, 0.6) is 5.75 Å². The van der Waals surface area contributed by atoms with Gasteiger partial charge in [-0.3, -0.25) is 4.79 Å². The molecule has 0 spiro atoms. The second-order valence-electron chi connectivity index (χ2n) is 4.36. The highest BCUT2D eigenvalue weighted by Gasteiger charge is 2.22. The maximum atomic E-state index is 11.9. The number of benzene rings is 1. The molecule has 0 aliphatic carbocycles. The maximum absolute atomic E-state index is 11.9. The molecule has 0 unspecified atom stereocenters. The quantitative estimate of drug-likeness (QED) is 0.786. The van der Waals surface area contributed by atoms with Crippen molar-refractivity contribution in [2.45, 2.75) is 6.42 Å². The minimum Gasteiger partial charge on any atom is -0.494 e. The molecule has 1 heterocycles. The lowest BCUT2D eigenvalue weighted by Gasteiger charge is -2.13. The van der Waals surface area contributed by atoms with Gasteiger partial charge in [-0.15, -0.1) is 0 Å². The highest BCUT2D eigenvalue weighted by molar-refractivity contribution is 5.92. The van der Waals surface area contributed by atoms with Gasteiger partial charge in [-0.1, -0.05) is 0 Å². The fourth-order valence-corrected chi connectivity index (χ4v) is 1.89. The Morgan fingerprint density at radius 2 is 2.35 bits per heavy atom. The Labute approximate surface area is 116 Å². The molecular weight excluding hydrogens is 262 g/mol. The van der Waals surface area contributed by atoms with Gasteiger partial charge in [-0.2, -0.15) is 0 Å². The molecule has 0 bridgehead atoms. The summed E-state index contributed by atoms with van der Waals surface area (Å²) in [6, 6.07) is 4.99. The summed E-state index contributed by atoms with van der Waals surface area (Å²) < 4.78 is 9.93. The number of methoxy groups -OCH3 is 1. The first-order chi connectivity index (χ1) is 9.60. The first-order valence-corrected chi connectivity index (χ1v) is 6.25. The van der Waals surface area contributed by atoms with E-state index in [1.165, 1.54) is 12.0 Å². The molecule has 1 fully saturated rings. The summed E-state index contributed by atoms with van der Waals surface area (Å²) >= 11 is 0. The molecule has 2 amide bonds. The third kappa shape index (κ3) is 3.31. The van der Waals surface area contributed by atoms with Gasteiger partial charge in [0, 0.05) is 24.7 Å². The van der Waals surface area contributed by atoms with E-state index in [9.17, 15) is 9.59 Å². The topological polar surface area (TPSA) is 93.9 Å². The number of nitrogens with one attached hydrogen (secondary N) is 1. The molecule has 7 heteroatoms. The predicted molar refractivity (Wildman–Crippen MR) is 73.6 cm³/mol. The van der Waals surface area contributed by atoms with E-state index in [1.54, 1.807) is 18.2 Å². The molecule has 1 aromatic rings. The normalized spacial score (nSPS) is 14.1. The van der Waals surface area contributed by atoms with E-state index in [-0.39, 0.29) is 18.4 Å². The van der Waals surface area contributed by atoms with Gasteiger partial charge in [0.2, 0.25) is 5.91 Å². The molecule has 0 aromatic heterocycles. The number of hydrogen-bond acceptors (Lipinski definition) is 5. The zero-order valence-corrected chi connectivity index (χ0v) is 11.2. The minimum absolute atomic E-state index is 0.197. The van der Waals surface area contributed by atoms with E-state index >= 15 is 0 Å². The standard InChI is InChI=1S/C13H17N3O4/c1-19-11-8-9(14)2-3-10(11)15-12(17)4-5-16-6-7-20-13(16)18/h2-3,8H,4-7,14H2,1H3,(H,15,17). The second kappa shape index (κ2) is 6.14. The number of nitrogen functional groups attached to an aromatic ring is 1. The number of rotatable bonds is 5. The summed E-state index contributed by atoms with van der Waals surface area (Å²) in [5.74, 6) is 0.298. The second-order valence-corrected chi connectivity index (χ2v) is 4.36. The molecule has 20 heavy (non-hydrogen) atoms. The van der Waals surface area contributed by atoms with Crippen molar-refractivity contribution in [2.75, 3.05) is 37.9 Å². The van der Waals surface area contributed by atoms with Crippen molar-refractivity contribution in [3.05, 3.63) is 18.2 Å². The van der Waals surface area contributed by atoms with Gasteiger partial charge in [0.05, 0.1) is 19.3 Å². The third-order valence-electron chi connectivity index (χ3n) is 2.95. The molecule has 108 valence electrons. The van der Waals surface area contributed by atoms with Crippen LogP contribution in [0.4, 0.5) is 16.2 Å². The van der Waals surface area contributed by atoms with Gasteiger partial charge < -0.3 is 25.4 Å². The third-order valence-corrected chi connectivity index (χ3v) is 2.95. The zero-order valence-electron chi connectivity index (χ0n) is 11.2. The predicted octanol–water partition coefficient (Wildman–Crippen LogP) is 1.06. The van der Waals surface area contributed by atoms with Crippen LogP contribution >= 0.6 is 0 Å². The highest BCUT2D eigenvalue weighted by atomic mass is 16.6. The molecule has 2 rings (SSSR count). The number of nitrogens with zero attached hydrogens (tertiary/aromatic N) is 1. The molecule has 7 nitrogen and oxygen atoms in total. The first kappa shape index (κ1) is 14.0. The van der Waals surface area contributed by atoms with Crippen molar-refractivity contribution in [1.82, 2.24) is 4.90 Å². The average Bonchev–Trinajstić information content (AvgIpc) is 2.84. The molecule has 3 N–H and O–H groups in total. The fraction of sp³-hybridized carbons (Fsp3) is 0.385. The zero-order chi connectivity index (χ0) is 14.5. The first-order valence-electron chi connectivity index (χ1n) is 6.25. The van der Waals surface area contributed by atoms with Crippen molar-refractivity contribution >= 4 is 23.4 Å². The number of hydrogen-bond donors (Lipinski definition) is 2. The number of amides is 2. The van der Waals surface area contributed by atoms with E-state index in [0.717, 1.165) is 0 Å². The van der Waals surface area contributed by atoms with Gasteiger partial charge in [-0.25, -0.2) is 4.79 Å². The van der Waals surface area contributed by atoms with E-state index in [4.69, 9.17) is 15.2 Å². The lowest BCUT2D eigenvalue weighted by molar-refractivity contribution is -0.116. The Balaban J connectivity index is 1.89. The number of ether oxygens (including phenoxy) is 2. The van der Waals surface area contributed by atoms with E-state index in [0.29, 0.717) is 36.8 Å². The number of carbonyl (C=O) groups is 2. The van der Waals surface area contributed by atoms with Crippen molar-refractivity contribution < 1.29 is 19.1 Å². The van der Waals surface area contributed by atoms with Crippen LogP contribution in [0.3, 0.4) is 0 Å². The lowest BCUT2D eigenvalue weighted by atomic mass is 10.2. The Bertz CT molecular complexity index is 518. The van der Waals surface area contributed by atoms with Crippen molar-refractivity contribution in [1.29, 1.82) is 0 Å². The summed E-state index contributed by atoms with van der Waals surface area (Å²) in [5, 5.41) is 2.73. The average molecular weight is 279 g/mol. The van der Waals surface area contributed by atoms with E-state index in [1.807, 2.05) is 0 Å². The molecule has 1 aliphatic rings. The summed E-state index contributed by atoms with van der Waals surface area (Å²) in [6.45, 7) is 1.24. The van der Waals surface area contributed by atoms with Crippen LogP contribution in [0, 0.1) is 0 Å². The summed E-state index contributed by atoms with van der Waals surface area (Å²) in [4.78, 5) is 24.6. The Morgan fingerprint density at radius 1 is 1.55 bits per heavy atom. The van der Waals surface area contributed by atoms with Gasteiger partial charge in [-0.05, 0) is 12.1 Å². The van der Waals surface area contributed by atoms with Crippen molar-refractivity contribution in [2.24, 2.45) is 0 Å². The van der Waals surface area contributed by atoms with Crippen molar-refractivity contribution in [3.8, 4) is 5.75 Å². The summed E-state index contributed by atoms with van der Waals surface area (Å²) in [6.07, 6.45) is -0.175. The van der Waals surface area contributed by atoms with Gasteiger partial charge in [0.25, 0.3) is 0 Å². The number of carbonyl (C=O) groups excluding carboxylic acids is 2. The van der Waals surface area contributed by atoms with E-state index in [2.05, 4.69) is 5.32 Å². The van der Waals surface area contributed by atoms with Crippen LogP contribution in [0.2, 0.25) is 0 Å². The molecule has 0 atom stereocenters. The lowest BCUT2D eigenvalue weighted by Crippen LogP contribution is -2.28. The monoisotopic (exact) mass is 279 g/mol. The van der Waals surface area contributed by atoms with Crippen LogP contribution in [-0.2, 0) is 9.53 Å². The Hall–Kier alpha value is -2.44. The van der Waals surface area contributed by atoms with Gasteiger partial charge in [0.1, 0.15) is 12.4 Å². The van der Waals surface area contributed by atoms with Crippen molar-refractivity contribution in [3.63, 3.8) is 0 Å². The molecule has 0 radical (unpaired) electrons. The number of nitrogens with two attached hydrogens (primary N) is 1.